The highest BCUT2D eigenvalue weighted by Gasteiger charge is 2.30. The summed E-state index contributed by atoms with van der Waals surface area (Å²) in [5, 5.41) is 0.757. The van der Waals surface area contributed by atoms with Crippen molar-refractivity contribution in [2.75, 3.05) is 0 Å². The molecule has 0 fully saturated rings. The third-order valence-corrected chi connectivity index (χ3v) is 6.26. The molecule has 0 spiro atoms. The first-order valence-corrected chi connectivity index (χ1v) is 10.6. The smallest absolute Gasteiger partial charge is 0.341 e. The fourth-order valence-electron chi connectivity index (χ4n) is 2.78. The molecule has 0 heterocycles. The third-order valence-electron chi connectivity index (χ3n) is 3.90. The molecule has 26 heavy (non-hydrogen) atoms. The maximum atomic E-state index is 12.9. The van der Waals surface area contributed by atoms with Gasteiger partial charge in [0, 0.05) is 5.39 Å². The Hall–Kier alpha value is -2.42. The molecule has 0 aliphatic heterocycles. The SMILES string of the molecule is CCc1cc(S(=O)(=O)O)c(S(=O)(=O)Oc2ccccc2)c2ccccc12. The largest absolute Gasteiger partial charge is 0.379 e. The number of rotatable bonds is 5. The summed E-state index contributed by atoms with van der Waals surface area (Å²) < 4.78 is 64.3. The zero-order chi connectivity index (χ0) is 18.9. The quantitative estimate of drug-likeness (QED) is 0.528. The molecule has 0 aromatic heterocycles. The van der Waals surface area contributed by atoms with E-state index in [1.54, 1.807) is 36.4 Å². The van der Waals surface area contributed by atoms with Crippen molar-refractivity contribution in [3.63, 3.8) is 0 Å². The Morgan fingerprint density at radius 3 is 2.04 bits per heavy atom. The predicted octanol–water partition coefficient (Wildman–Crippen LogP) is 3.42. The summed E-state index contributed by atoms with van der Waals surface area (Å²) in [6, 6.07) is 15.4. The lowest BCUT2D eigenvalue weighted by atomic mass is 10.0. The third kappa shape index (κ3) is 3.44. The molecule has 6 nitrogen and oxygen atoms in total. The van der Waals surface area contributed by atoms with E-state index in [2.05, 4.69) is 0 Å². The molecule has 0 saturated carbocycles. The van der Waals surface area contributed by atoms with Crippen LogP contribution in [0.1, 0.15) is 12.5 Å². The minimum absolute atomic E-state index is 0.0393. The average Bonchev–Trinajstić information content (AvgIpc) is 2.59. The first-order chi connectivity index (χ1) is 12.2. The van der Waals surface area contributed by atoms with E-state index in [9.17, 15) is 21.4 Å². The van der Waals surface area contributed by atoms with Crippen molar-refractivity contribution in [1.82, 2.24) is 0 Å². The van der Waals surface area contributed by atoms with E-state index in [1.807, 2.05) is 6.92 Å². The topological polar surface area (TPSA) is 97.7 Å². The van der Waals surface area contributed by atoms with Crippen LogP contribution in [0.3, 0.4) is 0 Å². The molecular formula is C18H16O6S2. The van der Waals surface area contributed by atoms with E-state index in [0.717, 1.165) is 0 Å². The second-order valence-corrected chi connectivity index (χ2v) is 8.46. The average molecular weight is 392 g/mol. The van der Waals surface area contributed by atoms with Crippen molar-refractivity contribution in [1.29, 1.82) is 0 Å². The lowest BCUT2D eigenvalue weighted by Crippen LogP contribution is -2.16. The lowest BCUT2D eigenvalue weighted by molar-refractivity contribution is 0.469. The van der Waals surface area contributed by atoms with Crippen molar-refractivity contribution in [2.45, 2.75) is 23.1 Å². The minimum Gasteiger partial charge on any atom is -0.379 e. The molecule has 0 bridgehead atoms. The number of hydrogen-bond donors (Lipinski definition) is 1. The Morgan fingerprint density at radius 1 is 0.885 bits per heavy atom. The fourth-order valence-corrected chi connectivity index (χ4v) is 5.24. The molecule has 1 N–H and O–H groups in total. The molecule has 0 atom stereocenters. The van der Waals surface area contributed by atoms with Gasteiger partial charge in [-0.3, -0.25) is 4.55 Å². The molecule has 8 heteroatoms. The van der Waals surface area contributed by atoms with E-state index >= 15 is 0 Å². The summed E-state index contributed by atoms with van der Waals surface area (Å²) in [7, 11) is -9.31. The van der Waals surface area contributed by atoms with Gasteiger partial charge in [0.05, 0.1) is 0 Å². The van der Waals surface area contributed by atoms with Gasteiger partial charge in [-0.05, 0) is 35.6 Å². The van der Waals surface area contributed by atoms with Gasteiger partial charge >= 0.3 is 10.1 Å². The maximum absolute atomic E-state index is 12.9. The van der Waals surface area contributed by atoms with Crippen LogP contribution < -0.4 is 4.18 Å². The summed E-state index contributed by atoms with van der Waals surface area (Å²) in [4.78, 5) is -1.26. The second kappa shape index (κ2) is 6.71. The zero-order valence-electron chi connectivity index (χ0n) is 13.8. The highest BCUT2D eigenvalue weighted by atomic mass is 32.2. The Bertz CT molecular complexity index is 1170. The van der Waals surface area contributed by atoms with Crippen molar-refractivity contribution in [3.05, 3.63) is 66.2 Å². The molecule has 0 unspecified atom stereocenters. The van der Waals surface area contributed by atoms with Crippen LogP contribution in [-0.2, 0) is 26.7 Å². The lowest BCUT2D eigenvalue weighted by Gasteiger charge is -2.15. The van der Waals surface area contributed by atoms with Crippen LogP contribution in [-0.4, -0.2) is 21.4 Å². The minimum atomic E-state index is -4.79. The highest BCUT2D eigenvalue weighted by Crippen LogP contribution is 2.34. The van der Waals surface area contributed by atoms with Gasteiger partial charge in [-0.15, -0.1) is 0 Å². The van der Waals surface area contributed by atoms with Crippen LogP contribution in [0.2, 0.25) is 0 Å². The highest BCUT2D eigenvalue weighted by molar-refractivity contribution is 7.89. The molecule has 0 saturated heterocycles. The van der Waals surface area contributed by atoms with Gasteiger partial charge in [0.15, 0.2) is 0 Å². The van der Waals surface area contributed by atoms with E-state index in [-0.39, 0.29) is 11.1 Å². The van der Waals surface area contributed by atoms with Gasteiger partial charge in [0.25, 0.3) is 10.1 Å². The summed E-state index contributed by atoms with van der Waals surface area (Å²) >= 11 is 0. The molecule has 0 aliphatic rings. The van der Waals surface area contributed by atoms with Gasteiger partial charge < -0.3 is 4.18 Å². The first-order valence-electron chi connectivity index (χ1n) is 7.75. The molecule has 0 radical (unpaired) electrons. The van der Waals surface area contributed by atoms with E-state index in [1.165, 1.54) is 24.3 Å². The number of fused-ring (bicyclic) bond motifs is 1. The number of hydrogen-bond acceptors (Lipinski definition) is 5. The Kier molecular flexibility index (Phi) is 4.74. The number of benzene rings is 3. The molecule has 3 aromatic carbocycles. The molecule has 136 valence electrons. The molecule has 0 aliphatic carbocycles. The normalized spacial score (nSPS) is 12.2. The van der Waals surface area contributed by atoms with Crippen LogP contribution in [0.4, 0.5) is 0 Å². The predicted molar refractivity (Wildman–Crippen MR) is 97.4 cm³/mol. The van der Waals surface area contributed by atoms with Gasteiger partial charge in [-0.2, -0.15) is 16.8 Å². The number of para-hydroxylation sites is 1. The Labute approximate surface area is 151 Å². The standard InChI is InChI=1S/C18H16O6S2/c1-2-13-12-17(25(19,20)21)18(16-11-7-6-10-15(13)16)26(22,23)24-14-8-4-3-5-9-14/h3-12H,2H2,1H3,(H,19,20,21). The summed E-state index contributed by atoms with van der Waals surface area (Å²) in [6.07, 6.45) is 0.461. The van der Waals surface area contributed by atoms with Crippen LogP contribution >= 0.6 is 0 Å². The van der Waals surface area contributed by atoms with Crippen LogP contribution in [0.15, 0.2) is 70.5 Å². The summed E-state index contributed by atoms with van der Waals surface area (Å²) in [6.45, 7) is 1.81. The van der Waals surface area contributed by atoms with E-state index in [0.29, 0.717) is 17.4 Å². The molecular weight excluding hydrogens is 376 g/mol. The van der Waals surface area contributed by atoms with Crippen molar-refractivity contribution < 1.29 is 25.6 Å². The monoisotopic (exact) mass is 392 g/mol. The van der Waals surface area contributed by atoms with Gasteiger partial charge in [0.2, 0.25) is 0 Å². The molecule has 0 amide bonds. The van der Waals surface area contributed by atoms with Crippen molar-refractivity contribution in [2.24, 2.45) is 0 Å². The molecule has 3 rings (SSSR count). The first kappa shape index (κ1) is 18.4. The summed E-state index contributed by atoms with van der Waals surface area (Å²) in [5.74, 6) is 0.0393. The zero-order valence-corrected chi connectivity index (χ0v) is 15.4. The molecule has 3 aromatic rings. The number of aryl methyl sites for hydroxylation is 1. The van der Waals surface area contributed by atoms with E-state index < -0.39 is 30.0 Å². The van der Waals surface area contributed by atoms with Crippen molar-refractivity contribution in [3.8, 4) is 5.75 Å². The Balaban J connectivity index is 2.37. The second-order valence-electron chi connectivity index (χ2n) is 5.59. The fraction of sp³-hybridized carbons (Fsp3) is 0.111. The van der Waals surface area contributed by atoms with Crippen LogP contribution in [0, 0.1) is 0 Å². The van der Waals surface area contributed by atoms with Gasteiger partial charge in [0.1, 0.15) is 15.5 Å². The van der Waals surface area contributed by atoms with Crippen LogP contribution in [0.5, 0.6) is 5.75 Å². The van der Waals surface area contributed by atoms with Crippen LogP contribution in [0.25, 0.3) is 10.8 Å². The van der Waals surface area contributed by atoms with Crippen molar-refractivity contribution >= 4 is 31.0 Å². The van der Waals surface area contributed by atoms with Gasteiger partial charge in [-0.25, -0.2) is 0 Å². The maximum Gasteiger partial charge on any atom is 0.341 e. The summed E-state index contributed by atoms with van der Waals surface area (Å²) in [5.41, 5.74) is 0.604. The van der Waals surface area contributed by atoms with E-state index in [4.69, 9.17) is 4.18 Å². The Morgan fingerprint density at radius 2 is 1.46 bits per heavy atom. The van der Waals surface area contributed by atoms with Gasteiger partial charge in [-0.1, -0.05) is 49.4 Å².